The Kier molecular flexibility index (Phi) is 7.06. The van der Waals surface area contributed by atoms with Gasteiger partial charge in [0, 0.05) is 12.5 Å². The molecule has 2 rings (SSSR count). The summed E-state index contributed by atoms with van der Waals surface area (Å²) in [5.74, 6) is 0.561. The molecular formula is C22H29ClOSi. The first-order chi connectivity index (χ1) is 11.9. The van der Waals surface area contributed by atoms with E-state index in [9.17, 15) is 0 Å². The summed E-state index contributed by atoms with van der Waals surface area (Å²) < 4.78 is 6.84. The van der Waals surface area contributed by atoms with Crippen LogP contribution in [0.3, 0.4) is 0 Å². The Hall–Kier alpha value is -1.35. The molecule has 0 aromatic heterocycles. The molecule has 25 heavy (non-hydrogen) atoms. The van der Waals surface area contributed by atoms with Gasteiger partial charge >= 0.3 is 0 Å². The number of alkyl halides is 1. The van der Waals surface area contributed by atoms with Gasteiger partial charge in [-0.15, -0.1) is 11.6 Å². The van der Waals surface area contributed by atoms with Crippen molar-refractivity contribution in [3.8, 4) is 0 Å². The van der Waals surface area contributed by atoms with Gasteiger partial charge in [-0.2, -0.15) is 0 Å². The van der Waals surface area contributed by atoms with Crippen LogP contribution in [0.2, 0.25) is 5.04 Å². The first-order valence-corrected chi connectivity index (χ1v) is 11.3. The van der Waals surface area contributed by atoms with Crippen molar-refractivity contribution >= 4 is 30.3 Å². The molecule has 0 saturated heterocycles. The van der Waals surface area contributed by atoms with Gasteiger partial charge in [0.2, 0.25) is 0 Å². The number of hydrogen-bond donors (Lipinski definition) is 0. The van der Waals surface area contributed by atoms with Gasteiger partial charge in [-0.3, -0.25) is 0 Å². The topological polar surface area (TPSA) is 9.23 Å². The van der Waals surface area contributed by atoms with E-state index in [0.29, 0.717) is 12.5 Å². The Morgan fingerprint density at radius 2 is 1.44 bits per heavy atom. The molecule has 0 saturated carbocycles. The molecule has 134 valence electrons. The second kappa shape index (κ2) is 8.84. The van der Waals surface area contributed by atoms with Gasteiger partial charge in [-0.25, -0.2) is 0 Å². The maximum atomic E-state index is 6.84. The minimum atomic E-state index is -2.40. The van der Waals surface area contributed by atoms with Crippen LogP contribution in [0, 0.1) is 0 Å². The largest absolute Gasteiger partial charge is 0.407 e. The summed E-state index contributed by atoms with van der Waals surface area (Å²) in [7, 11) is -2.40. The highest BCUT2D eigenvalue weighted by Gasteiger charge is 2.49. The average Bonchev–Trinajstić information content (AvgIpc) is 2.59. The second-order valence-electron chi connectivity index (χ2n) is 7.47. The molecule has 0 spiro atoms. The second-order valence-corrected chi connectivity index (χ2v) is 12.1. The van der Waals surface area contributed by atoms with Crippen LogP contribution < -0.4 is 10.4 Å². The molecule has 0 aliphatic rings. The molecule has 0 heterocycles. The molecule has 2 aromatic rings. The van der Waals surface area contributed by atoms with E-state index in [4.69, 9.17) is 16.0 Å². The molecule has 0 aliphatic heterocycles. The van der Waals surface area contributed by atoms with E-state index in [-0.39, 0.29) is 5.04 Å². The predicted molar refractivity (Wildman–Crippen MR) is 113 cm³/mol. The number of halogens is 1. The van der Waals surface area contributed by atoms with Crippen molar-refractivity contribution in [1.29, 1.82) is 0 Å². The third kappa shape index (κ3) is 4.63. The summed E-state index contributed by atoms with van der Waals surface area (Å²) >= 11 is 5.82. The molecule has 2 aromatic carbocycles. The van der Waals surface area contributed by atoms with Gasteiger partial charge in [-0.05, 0) is 28.8 Å². The number of allylic oxidation sites excluding steroid dienone is 1. The molecule has 0 aliphatic carbocycles. The molecular weight excluding hydrogens is 344 g/mol. The minimum Gasteiger partial charge on any atom is -0.407 e. The minimum absolute atomic E-state index is 0.0276. The van der Waals surface area contributed by atoms with Gasteiger partial charge < -0.3 is 4.43 Å². The molecule has 0 atom stereocenters. The van der Waals surface area contributed by atoms with E-state index < -0.39 is 8.32 Å². The first-order valence-electron chi connectivity index (χ1n) is 8.88. The fourth-order valence-corrected chi connectivity index (χ4v) is 8.19. The lowest BCUT2D eigenvalue weighted by Crippen LogP contribution is -2.66. The fourth-order valence-electron chi connectivity index (χ4n) is 3.36. The quantitative estimate of drug-likeness (QED) is 0.371. The van der Waals surface area contributed by atoms with Gasteiger partial charge in [0.1, 0.15) is 0 Å². The summed E-state index contributed by atoms with van der Waals surface area (Å²) in [6.07, 6.45) is 2.98. The zero-order chi connectivity index (χ0) is 18.3. The van der Waals surface area contributed by atoms with Crippen molar-refractivity contribution in [3.05, 3.63) is 72.3 Å². The molecule has 0 bridgehead atoms. The normalized spacial score (nSPS) is 13.1. The summed E-state index contributed by atoms with van der Waals surface area (Å²) in [5.41, 5.74) is 1.29. The van der Waals surface area contributed by atoms with Gasteiger partial charge in [0.15, 0.2) is 0 Å². The molecule has 0 N–H and O–H groups in total. The van der Waals surface area contributed by atoms with Gasteiger partial charge in [0.25, 0.3) is 8.32 Å². The van der Waals surface area contributed by atoms with Crippen LogP contribution >= 0.6 is 11.6 Å². The van der Waals surface area contributed by atoms with Crippen LogP contribution in [-0.4, -0.2) is 20.8 Å². The van der Waals surface area contributed by atoms with Crippen LogP contribution in [0.5, 0.6) is 0 Å². The third-order valence-electron chi connectivity index (χ3n) is 4.66. The van der Waals surface area contributed by atoms with Crippen molar-refractivity contribution in [2.75, 3.05) is 12.5 Å². The number of hydrogen-bond acceptors (Lipinski definition) is 1. The van der Waals surface area contributed by atoms with Crippen LogP contribution in [0.4, 0.5) is 0 Å². The van der Waals surface area contributed by atoms with E-state index in [0.717, 1.165) is 6.42 Å². The van der Waals surface area contributed by atoms with Crippen LogP contribution in [0.25, 0.3) is 0 Å². The van der Waals surface area contributed by atoms with Crippen LogP contribution in [0.15, 0.2) is 72.3 Å². The Bertz CT molecular complexity index is 635. The van der Waals surface area contributed by atoms with Crippen molar-refractivity contribution in [1.82, 2.24) is 0 Å². The molecule has 0 unspecified atom stereocenters. The Morgan fingerprint density at radius 1 is 0.960 bits per heavy atom. The van der Waals surface area contributed by atoms with Crippen molar-refractivity contribution in [2.24, 2.45) is 0 Å². The standard InChI is InChI=1S/C22H29ClOSi/c1-19(15-17-23)16-18-24-25(22(2,3)4,20-11-7-5-8-12-20)21-13-9-6-10-14-21/h5-15H,16-18H2,1-4H3/b19-15+. The molecule has 1 nitrogen and oxygen atoms in total. The third-order valence-corrected chi connectivity index (χ3v) is 9.85. The van der Waals surface area contributed by atoms with Gasteiger partial charge in [0.05, 0.1) is 0 Å². The zero-order valence-corrected chi connectivity index (χ0v) is 17.5. The molecule has 0 fully saturated rings. The number of rotatable bonds is 7. The molecule has 0 amide bonds. The highest BCUT2D eigenvalue weighted by molar-refractivity contribution is 6.99. The Balaban J connectivity index is 2.47. The summed E-state index contributed by atoms with van der Waals surface area (Å²) in [6, 6.07) is 21.5. The Morgan fingerprint density at radius 3 is 1.84 bits per heavy atom. The highest BCUT2D eigenvalue weighted by Crippen LogP contribution is 2.36. The average molecular weight is 373 g/mol. The maximum absolute atomic E-state index is 6.84. The van der Waals surface area contributed by atoms with E-state index >= 15 is 0 Å². The lowest BCUT2D eigenvalue weighted by atomic mass is 10.2. The SMILES string of the molecule is C/C(=C\CCl)CCO[Si](c1ccccc1)(c1ccccc1)C(C)(C)C. The first kappa shape index (κ1) is 20.0. The highest BCUT2D eigenvalue weighted by atomic mass is 35.5. The molecule has 3 heteroatoms. The Labute approximate surface area is 158 Å². The summed E-state index contributed by atoms with van der Waals surface area (Å²) in [6.45, 7) is 9.76. The van der Waals surface area contributed by atoms with Gasteiger partial charge in [-0.1, -0.05) is 93.1 Å². The zero-order valence-electron chi connectivity index (χ0n) is 15.8. The van der Waals surface area contributed by atoms with E-state index in [1.165, 1.54) is 15.9 Å². The lowest BCUT2D eigenvalue weighted by molar-refractivity contribution is 0.301. The number of benzene rings is 2. The van der Waals surface area contributed by atoms with E-state index in [1.807, 2.05) is 0 Å². The van der Waals surface area contributed by atoms with Crippen molar-refractivity contribution in [3.63, 3.8) is 0 Å². The van der Waals surface area contributed by atoms with Crippen molar-refractivity contribution in [2.45, 2.75) is 39.2 Å². The maximum Gasteiger partial charge on any atom is 0.261 e. The summed E-state index contributed by atoms with van der Waals surface area (Å²) in [5, 5.41) is 2.68. The van der Waals surface area contributed by atoms with Crippen molar-refractivity contribution < 1.29 is 4.43 Å². The predicted octanol–water partition coefficient (Wildman–Crippen LogP) is 5.14. The van der Waals surface area contributed by atoms with E-state index in [2.05, 4.69) is 94.4 Å². The molecule has 0 radical (unpaired) electrons. The lowest BCUT2D eigenvalue weighted by Gasteiger charge is -2.43. The smallest absolute Gasteiger partial charge is 0.261 e. The van der Waals surface area contributed by atoms with Crippen LogP contribution in [-0.2, 0) is 4.43 Å². The monoisotopic (exact) mass is 372 g/mol. The van der Waals surface area contributed by atoms with Crippen LogP contribution in [0.1, 0.15) is 34.1 Å². The van der Waals surface area contributed by atoms with E-state index in [1.54, 1.807) is 0 Å². The fraction of sp³-hybridized carbons (Fsp3) is 0.364. The summed E-state index contributed by atoms with van der Waals surface area (Å²) in [4.78, 5) is 0.